The summed E-state index contributed by atoms with van der Waals surface area (Å²) < 4.78 is 53.8. The monoisotopic (exact) mass is 374 g/mol. The molecule has 0 radical (unpaired) electrons. The van der Waals surface area contributed by atoms with E-state index in [2.05, 4.69) is 11.7 Å². The molecule has 0 aliphatic heterocycles. The number of ether oxygens (including phenoxy) is 3. The summed E-state index contributed by atoms with van der Waals surface area (Å²) in [4.78, 5) is 0. The van der Waals surface area contributed by atoms with Crippen LogP contribution in [0.3, 0.4) is 0 Å². The van der Waals surface area contributed by atoms with Crippen LogP contribution in [-0.4, -0.2) is 25.4 Å². The van der Waals surface area contributed by atoms with Gasteiger partial charge in [0.2, 0.25) is 0 Å². The molecule has 0 unspecified atom stereocenters. The molecule has 0 bridgehead atoms. The van der Waals surface area contributed by atoms with Gasteiger partial charge in [0, 0.05) is 12.7 Å². The molecule has 3 nitrogen and oxygen atoms in total. The van der Waals surface area contributed by atoms with Crippen molar-refractivity contribution in [1.29, 1.82) is 0 Å². The molecule has 0 amide bonds. The summed E-state index contributed by atoms with van der Waals surface area (Å²) in [5, 5.41) is 0. The van der Waals surface area contributed by atoms with Gasteiger partial charge in [-0.15, -0.1) is 0 Å². The van der Waals surface area contributed by atoms with Crippen LogP contribution in [0.15, 0.2) is 18.2 Å². The summed E-state index contributed by atoms with van der Waals surface area (Å²) in [5.41, 5.74) is 0. The van der Waals surface area contributed by atoms with Gasteiger partial charge >= 0.3 is 6.61 Å². The van der Waals surface area contributed by atoms with Gasteiger partial charge in [-0.1, -0.05) is 32.6 Å². The Bertz CT molecular complexity index is 517. The predicted octanol–water partition coefficient (Wildman–Crippen LogP) is 6.10. The zero-order valence-electron chi connectivity index (χ0n) is 15.4. The summed E-state index contributed by atoms with van der Waals surface area (Å²) in [6, 6.07) is 3.72. The summed E-state index contributed by atoms with van der Waals surface area (Å²) >= 11 is 0. The van der Waals surface area contributed by atoms with Crippen LogP contribution in [-0.2, 0) is 4.74 Å². The van der Waals surface area contributed by atoms with E-state index in [0.29, 0.717) is 5.75 Å². The smallest absolute Gasteiger partial charge is 0.387 e. The Kier molecular flexibility index (Phi) is 9.09. The number of rotatable bonds is 11. The van der Waals surface area contributed by atoms with Crippen LogP contribution in [0.5, 0.6) is 11.5 Å². The van der Waals surface area contributed by atoms with Crippen LogP contribution in [0.1, 0.15) is 64.7 Å². The van der Waals surface area contributed by atoms with Crippen LogP contribution in [0.4, 0.5) is 13.2 Å². The molecule has 1 aliphatic carbocycles. The van der Waals surface area contributed by atoms with Crippen molar-refractivity contribution in [3.63, 3.8) is 0 Å². The summed E-state index contributed by atoms with van der Waals surface area (Å²) in [5.74, 6) is -0.976. The van der Waals surface area contributed by atoms with Crippen molar-refractivity contribution in [2.45, 2.75) is 83.5 Å². The molecule has 1 aliphatic rings. The van der Waals surface area contributed by atoms with Gasteiger partial charge in [0.25, 0.3) is 0 Å². The molecule has 1 aromatic rings. The lowest BCUT2D eigenvalue weighted by Crippen LogP contribution is -2.28. The molecule has 0 saturated heterocycles. The van der Waals surface area contributed by atoms with Crippen LogP contribution in [0.25, 0.3) is 0 Å². The van der Waals surface area contributed by atoms with Crippen molar-refractivity contribution < 1.29 is 27.4 Å². The van der Waals surface area contributed by atoms with E-state index < -0.39 is 18.2 Å². The first-order chi connectivity index (χ1) is 12.6. The molecule has 0 spiro atoms. The Morgan fingerprint density at radius 3 is 2.35 bits per heavy atom. The van der Waals surface area contributed by atoms with Gasteiger partial charge < -0.3 is 14.2 Å². The summed E-state index contributed by atoms with van der Waals surface area (Å²) in [6.07, 6.45) is 9.97. The van der Waals surface area contributed by atoms with Crippen LogP contribution in [0, 0.1) is 5.82 Å². The minimum Gasteiger partial charge on any atom is -0.490 e. The second-order valence-corrected chi connectivity index (χ2v) is 6.77. The zero-order valence-corrected chi connectivity index (χ0v) is 15.4. The number of hydrogen-bond acceptors (Lipinski definition) is 3. The highest BCUT2D eigenvalue weighted by Crippen LogP contribution is 2.29. The quantitative estimate of drug-likeness (QED) is 0.438. The number of alkyl halides is 2. The lowest BCUT2D eigenvalue weighted by molar-refractivity contribution is -0.0522. The maximum absolute atomic E-state index is 13.7. The first-order valence-electron chi connectivity index (χ1n) is 9.61. The molecule has 6 heteroatoms. The van der Waals surface area contributed by atoms with Gasteiger partial charge in [-0.05, 0) is 44.2 Å². The Balaban J connectivity index is 1.66. The largest absolute Gasteiger partial charge is 0.490 e. The van der Waals surface area contributed by atoms with Crippen LogP contribution >= 0.6 is 0 Å². The van der Waals surface area contributed by atoms with Crippen molar-refractivity contribution in [2.24, 2.45) is 0 Å². The van der Waals surface area contributed by atoms with E-state index in [1.165, 1.54) is 37.8 Å². The molecule has 1 saturated carbocycles. The number of benzene rings is 1. The third-order valence-electron chi connectivity index (χ3n) is 4.64. The van der Waals surface area contributed by atoms with Gasteiger partial charge in [0.15, 0.2) is 11.6 Å². The van der Waals surface area contributed by atoms with Crippen LogP contribution in [0.2, 0.25) is 0 Å². The van der Waals surface area contributed by atoms with E-state index >= 15 is 0 Å². The maximum Gasteiger partial charge on any atom is 0.387 e. The topological polar surface area (TPSA) is 27.7 Å². The Morgan fingerprint density at radius 1 is 1.00 bits per heavy atom. The highest BCUT2D eigenvalue weighted by atomic mass is 19.3. The van der Waals surface area contributed by atoms with Gasteiger partial charge in [0.05, 0.1) is 12.2 Å². The van der Waals surface area contributed by atoms with E-state index in [4.69, 9.17) is 9.47 Å². The molecule has 1 aromatic carbocycles. The van der Waals surface area contributed by atoms with E-state index in [0.717, 1.165) is 44.8 Å². The average Bonchev–Trinajstić information content (AvgIpc) is 2.61. The lowest BCUT2D eigenvalue weighted by Gasteiger charge is -2.29. The predicted molar refractivity (Wildman–Crippen MR) is 94.4 cm³/mol. The number of unbranched alkanes of at least 4 members (excludes halogenated alkanes) is 4. The minimum atomic E-state index is -3.04. The molecule has 0 aromatic heterocycles. The molecule has 148 valence electrons. The number of hydrogen-bond donors (Lipinski definition) is 0. The summed E-state index contributed by atoms with van der Waals surface area (Å²) in [7, 11) is 0. The first-order valence-corrected chi connectivity index (χ1v) is 9.61. The molecule has 2 rings (SSSR count). The molecule has 1 fully saturated rings. The SMILES string of the molecule is CCCCCCCOC1CCC(Oc2ccc(OC(F)F)c(F)c2)CC1. The standard InChI is InChI=1S/C20H29F3O3/c1-2-3-4-5-6-13-24-15-7-9-16(10-8-15)25-17-11-12-19(18(21)14-17)26-20(22)23/h11-12,14-16,20H,2-10,13H2,1H3. The maximum atomic E-state index is 13.7. The molecular weight excluding hydrogens is 345 g/mol. The Labute approximate surface area is 153 Å². The van der Waals surface area contributed by atoms with E-state index in [1.807, 2.05) is 0 Å². The van der Waals surface area contributed by atoms with E-state index in [-0.39, 0.29) is 12.2 Å². The van der Waals surface area contributed by atoms with Crippen molar-refractivity contribution in [2.75, 3.05) is 6.61 Å². The fourth-order valence-electron chi connectivity index (χ4n) is 3.21. The third kappa shape index (κ3) is 7.44. The third-order valence-corrected chi connectivity index (χ3v) is 4.64. The minimum absolute atomic E-state index is 0.000622. The van der Waals surface area contributed by atoms with Crippen LogP contribution < -0.4 is 9.47 Å². The van der Waals surface area contributed by atoms with E-state index in [9.17, 15) is 13.2 Å². The van der Waals surface area contributed by atoms with E-state index in [1.54, 1.807) is 0 Å². The molecule has 0 N–H and O–H groups in total. The van der Waals surface area contributed by atoms with Crippen molar-refractivity contribution in [3.8, 4) is 11.5 Å². The Hall–Kier alpha value is -1.43. The lowest BCUT2D eigenvalue weighted by atomic mass is 9.95. The fourth-order valence-corrected chi connectivity index (χ4v) is 3.21. The Morgan fingerprint density at radius 2 is 1.69 bits per heavy atom. The fraction of sp³-hybridized carbons (Fsp3) is 0.700. The van der Waals surface area contributed by atoms with Gasteiger partial charge in [-0.3, -0.25) is 0 Å². The van der Waals surface area contributed by atoms with Gasteiger partial charge in [0.1, 0.15) is 5.75 Å². The highest BCUT2D eigenvalue weighted by molar-refractivity contribution is 5.33. The average molecular weight is 374 g/mol. The molecular formula is C20H29F3O3. The van der Waals surface area contributed by atoms with Gasteiger partial charge in [-0.25, -0.2) is 4.39 Å². The normalized spacial score (nSPS) is 20.3. The molecule has 0 atom stereocenters. The summed E-state index contributed by atoms with van der Waals surface area (Å²) in [6.45, 7) is -0.0218. The first kappa shape index (κ1) is 20.9. The number of halogens is 3. The zero-order chi connectivity index (χ0) is 18.8. The second-order valence-electron chi connectivity index (χ2n) is 6.77. The van der Waals surface area contributed by atoms with Crippen molar-refractivity contribution >= 4 is 0 Å². The van der Waals surface area contributed by atoms with Gasteiger partial charge in [-0.2, -0.15) is 8.78 Å². The molecule has 0 heterocycles. The van der Waals surface area contributed by atoms with Crippen molar-refractivity contribution in [3.05, 3.63) is 24.0 Å². The highest BCUT2D eigenvalue weighted by Gasteiger charge is 2.23. The van der Waals surface area contributed by atoms with Crippen molar-refractivity contribution in [1.82, 2.24) is 0 Å². The molecule has 26 heavy (non-hydrogen) atoms. The second kappa shape index (κ2) is 11.3.